The molecule has 1 unspecified atom stereocenters. The van der Waals surface area contributed by atoms with Gasteiger partial charge < -0.3 is 35.4 Å². The van der Waals surface area contributed by atoms with Crippen molar-refractivity contribution in [2.45, 2.75) is 36.6 Å². The van der Waals surface area contributed by atoms with Crippen molar-refractivity contribution >= 4 is 12.0 Å². The lowest BCUT2D eigenvalue weighted by atomic mass is 9.90. The van der Waals surface area contributed by atoms with E-state index in [1.807, 2.05) is 0 Å². The van der Waals surface area contributed by atoms with Crippen LogP contribution in [0.5, 0.6) is 5.75 Å². The van der Waals surface area contributed by atoms with Crippen molar-refractivity contribution in [3.63, 3.8) is 0 Å². The maximum absolute atomic E-state index is 11.0. The van der Waals surface area contributed by atoms with E-state index in [2.05, 4.69) is 0 Å². The van der Waals surface area contributed by atoms with Gasteiger partial charge in [0.2, 0.25) is 0 Å². The van der Waals surface area contributed by atoms with Crippen molar-refractivity contribution < 1.29 is 41.5 Å². The second-order valence-electron chi connectivity index (χ2n) is 5.22. The number of aliphatic hydroxyl groups excluding tert-OH is 3. The Balaban J connectivity index is 2.24. The lowest BCUT2D eigenvalue weighted by molar-refractivity contribution is -0.339. The van der Waals surface area contributed by atoms with Crippen LogP contribution >= 0.6 is 0 Å². The molecule has 1 saturated heterocycles. The van der Waals surface area contributed by atoms with Crippen molar-refractivity contribution in [2.24, 2.45) is 0 Å². The van der Waals surface area contributed by atoms with Crippen molar-refractivity contribution in [2.75, 3.05) is 0 Å². The zero-order valence-corrected chi connectivity index (χ0v) is 11.9. The Morgan fingerprint density at radius 2 is 1.96 bits per heavy atom. The number of para-hydroxylation sites is 1. The van der Waals surface area contributed by atoms with Gasteiger partial charge in [-0.3, -0.25) is 0 Å². The number of carbonyl (C=O) groups is 1. The third-order valence-corrected chi connectivity index (χ3v) is 3.58. The topological polar surface area (TPSA) is 148 Å². The number of carboxylic acids is 1. The molecule has 0 aromatic heterocycles. The van der Waals surface area contributed by atoms with Crippen LogP contribution in [0, 0.1) is 0 Å². The predicted molar refractivity (Wildman–Crippen MR) is 77.2 cm³/mol. The Morgan fingerprint density at radius 3 is 2.57 bits per heavy atom. The Morgan fingerprint density at radius 1 is 1.30 bits per heavy atom. The summed E-state index contributed by atoms with van der Waals surface area (Å²) in [6.07, 6.45) is -7.25. The van der Waals surface area contributed by atoms with Crippen LogP contribution in [-0.2, 0) is 9.53 Å². The monoisotopic (exact) mass is 327 g/mol. The van der Waals surface area contributed by atoms with E-state index in [-0.39, 0.29) is 17.4 Å². The quantitative estimate of drug-likeness (QED) is 0.415. The van der Waals surface area contributed by atoms with Gasteiger partial charge >= 0.3 is 5.97 Å². The largest absolute Gasteiger partial charge is 0.507 e. The first-order chi connectivity index (χ1) is 11.2. The van der Waals surface area contributed by atoms with Gasteiger partial charge in [-0.25, -0.2) is 4.79 Å². The fourth-order valence-corrected chi connectivity index (χ4v) is 2.26. The minimum atomic E-state index is -2.52. The number of hydrogen-bond acceptors (Lipinski definition) is 7. The molecule has 1 aromatic carbocycles. The summed E-state index contributed by atoms with van der Waals surface area (Å²) in [6, 6.07) is 5.75. The van der Waals surface area contributed by atoms with Crippen molar-refractivity contribution in [3.05, 3.63) is 35.9 Å². The molecule has 5 atom stereocenters. The first-order valence-electron chi connectivity index (χ1n) is 7.29. The molecular formula is C15H18O8. The molecule has 1 fully saturated rings. The molecule has 8 heteroatoms. The van der Waals surface area contributed by atoms with E-state index in [9.17, 15) is 30.3 Å². The molecule has 0 amide bonds. The third kappa shape index (κ3) is 3.52. The van der Waals surface area contributed by atoms with Gasteiger partial charge in [-0.1, -0.05) is 30.3 Å². The summed E-state index contributed by atoms with van der Waals surface area (Å²) in [6.45, 7) is 0. The first kappa shape index (κ1) is 15.9. The number of hydrogen-bond donors (Lipinski definition) is 6. The van der Waals surface area contributed by atoms with E-state index < -0.39 is 42.6 Å². The first-order valence-corrected chi connectivity index (χ1v) is 6.79. The van der Waals surface area contributed by atoms with Crippen molar-refractivity contribution in [3.8, 4) is 5.75 Å². The van der Waals surface area contributed by atoms with Crippen molar-refractivity contribution in [1.82, 2.24) is 0 Å². The number of carboxylic acid groups (broad SMARTS) is 1. The second-order valence-corrected chi connectivity index (χ2v) is 5.22. The molecule has 0 spiro atoms. The van der Waals surface area contributed by atoms with E-state index in [0.717, 1.165) is 6.08 Å². The zero-order chi connectivity index (χ0) is 18.1. The average Bonchev–Trinajstić information content (AvgIpc) is 2.54. The number of phenols is 1. The van der Waals surface area contributed by atoms with E-state index in [0.29, 0.717) is 0 Å². The highest BCUT2D eigenvalue weighted by Crippen LogP contribution is 2.31. The zero-order valence-electron chi connectivity index (χ0n) is 12.9. The van der Waals surface area contributed by atoms with Crippen LogP contribution in [0.15, 0.2) is 30.3 Å². The normalized spacial score (nSPS) is 35.7. The molecule has 8 nitrogen and oxygen atoms in total. The summed E-state index contributed by atoms with van der Waals surface area (Å²) >= 11 is 0. The molecule has 2 rings (SSSR count). The van der Waals surface area contributed by atoms with Crippen LogP contribution in [0.1, 0.15) is 13.4 Å². The molecule has 0 aliphatic carbocycles. The molecule has 126 valence electrons. The summed E-state index contributed by atoms with van der Waals surface area (Å²) in [7, 11) is 0. The van der Waals surface area contributed by atoms with Crippen LogP contribution in [0.25, 0.3) is 6.05 Å². The Kier molecular flexibility index (Phi) is 4.60. The smallest absolute Gasteiger partial charge is 0.335 e. The number of phenolic OH excluding ortho intramolecular Hbond substituents is 1. The van der Waals surface area contributed by atoms with Gasteiger partial charge in [-0.05, 0) is 6.07 Å². The fourth-order valence-electron chi connectivity index (χ4n) is 2.26. The van der Waals surface area contributed by atoms with Crippen LogP contribution in [-0.4, -0.2) is 66.8 Å². The summed E-state index contributed by atoms with van der Waals surface area (Å²) in [5.41, 5.74) is 0.154. The maximum Gasteiger partial charge on any atom is 0.335 e. The number of aromatic hydroxyl groups is 1. The molecule has 1 aliphatic heterocycles. The number of aliphatic hydroxyl groups is 4. The second kappa shape index (κ2) is 6.65. The van der Waals surface area contributed by atoms with Gasteiger partial charge in [0.1, 0.15) is 24.1 Å². The Hall–Kier alpha value is -1.97. The lowest BCUT2D eigenvalue weighted by Crippen LogP contribution is -2.65. The van der Waals surface area contributed by atoms with E-state index in [4.69, 9.17) is 11.2 Å². The van der Waals surface area contributed by atoms with Gasteiger partial charge in [0, 0.05) is 12.0 Å². The summed E-state index contributed by atoms with van der Waals surface area (Å²) < 4.78 is 12.7. The minimum Gasteiger partial charge on any atom is -0.507 e. The Bertz CT molecular complexity index is 648. The van der Waals surface area contributed by atoms with E-state index >= 15 is 0 Å². The van der Waals surface area contributed by atoms with E-state index in [1.54, 1.807) is 12.1 Å². The van der Waals surface area contributed by atoms with Gasteiger partial charge in [0.25, 0.3) is 0 Å². The van der Waals surface area contributed by atoms with Crippen LogP contribution in [0.3, 0.4) is 0 Å². The summed E-state index contributed by atoms with van der Waals surface area (Å²) in [4.78, 5) is 11.0. The van der Waals surface area contributed by atoms with Gasteiger partial charge in [-0.15, -0.1) is 0 Å². The number of aliphatic carboxylic acids is 1. The number of ether oxygens (including phenoxy) is 1. The van der Waals surface area contributed by atoms with Crippen LogP contribution in [0.4, 0.5) is 0 Å². The average molecular weight is 327 g/mol. The molecule has 23 heavy (non-hydrogen) atoms. The molecule has 0 radical (unpaired) electrons. The maximum atomic E-state index is 11.0. The highest BCUT2D eigenvalue weighted by atomic mass is 16.7. The highest BCUT2D eigenvalue weighted by molar-refractivity contribution is 5.73. The van der Waals surface area contributed by atoms with E-state index in [1.165, 1.54) is 12.1 Å². The molecule has 1 aromatic rings. The van der Waals surface area contributed by atoms with Gasteiger partial charge in [0.05, 0.1) is 1.37 Å². The number of rotatable bonds is 4. The highest BCUT2D eigenvalue weighted by Gasteiger charge is 2.54. The van der Waals surface area contributed by atoms with Crippen molar-refractivity contribution in [1.29, 1.82) is 0 Å². The fraction of sp³-hybridized carbons (Fsp3) is 0.400. The predicted octanol–water partition coefficient (Wildman–Crippen LogP) is -0.950. The third-order valence-electron chi connectivity index (χ3n) is 3.58. The summed E-state index contributed by atoms with van der Waals surface area (Å²) in [5.74, 6) is -4.31. The van der Waals surface area contributed by atoms with Crippen LogP contribution in [0.2, 0.25) is 0 Å². The van der Waals surface area contributed by atoms with Crippen LogP contribution < -0.4 is 0 Å². The van der Waals surface area contributed by atoms with Gasteiger partial charge in [0.15, 0.2) is 11.9 Å². The molecule has 6 N–H and O–H groups in total. The standard InChI is InChI=1S/C15H18O8/c16-9-6-2-1-4-8(9)5-3-7-15(22)13(19)11(18)10(17)12(23-15)14(20)21/h1-6,10-13,16-19,22H,7H2,(H,20,21)/t10-,11-,12-,13+,15?/m0/s1/i5D. The summed E-state index contributed by atoms with van der Waals surface area (Å²) in [5, 5.41) is 58.1. The Labute approximate surface area is 132 Å². The molecular weight excluding hydrogens is 308 g/mol. The van der Waals surface area contributed by atoms with Gasteiger partial charge in [-0.2, -0.15) is 0 Å². The minimum absolute atomic E-state index is 0.154. The molecule has 0 bridgehead atoms. The molecule has 0 saturated carbocycles. The lowest BCUT2D eigenvalue weighted by Gasteiger charge is -2.44. The molecule has 1 heterocycles. The number of benzene rings is 1. The SMILES string of the molecule is [2H]C(=CCC1(O)O[C@H](C(=O)O)[C@@H](O)[C@H](O)[C@H]1O)c1ccccc1O. The molecule has 1 aliphatic rings.